The summed E-state index contributed by atoms with van der Waals surface area (Å²) < 4.78 is 0. The molecule has 2 N–H and O–H groups in total. The first-order chi connectivity index (χ1) is 11.2. The molecule has 5 heteroatoms. The van der Waals surface area contributed by atoms with Gasteiger partial charge in [-0.05, 0) is 33.1 Å². The molecule has 0 heterocycles. The van der Waals surface area contributed by atoms with Gasteiger partial charge in [0.05, 0.1) is 6.10 Å². The summed E-state index contributed by atoms with van der Waals surface area (Å²) in [6.45, 7) is 16.5. The second kappa shape index (κ2) is 9.18. The number of nitrogens with one attached hydrogen (secondary N) is 1. The van der Waals surface area contributed by atoms with E-state index in [0.717, 1.165) is 0 Å². The third-order valence-electron chi connectivity index (χ3n) is 3.83. The summed E-state index contributed by atoms with van der Waals surface area (Å²) in [5.41, 5.74) is -1.09. The lowest BCUT2D eigenvalue weighted by Crippen LogP contribution is -2.59. The molecule has 3 atom stereocenters. The van der Waals surface area contributed by atoms with Crippen molar-refractivity contribution in [3.63, 3.8) is 0 Å². The van der Waals surface area contributed by atoms with Crippen molar-refractivity contribution in [2.75, 3.05) is 7.05 Å². The molecule has 144 valence electrons. The number of aliphatic hydroxyl groups excluding tert-OH is 1. The highest BCUT2D eigenvalue weighted by Crippen LogP contribution is 2.23. The maximum Gasteiger partial charge on any atom is 0.245 e. The Kier molecular flexibility index (Phi) is 8.59. The molecule has 0 aromatic carbocycles. The fourth-order valence-electron chi connectivity index (χ4n) is 2.50. The number of amides is 2. The third-order valence-corrected chi connectivity index (χ3v) is 3.83. The van der Waals surface area contributed by atoms with Crippen LogP contribution in [0.2, 0.25) is 0 Å². The lowest BCUT2D eigenvalue weighted by molar-refractivity contribution is -0.150. The van der Waals surface area contributed by atoms with Gasteiger partial charge >= 0.3 is 0 Å². The molecule has 0 spiro atoms. The predicted octanol–water partition coefficient (Wildman–Crippen LogP) is 2.90. The Balaban J connectivity index is 5.58. The number of carbonyl (C=O) groups excluding carboxylic acids is 2. The summed E-state index contributed by atoms with van der Waals surface area (Å²) in [7, 11) is 1.58. The van der Waals surface area contributed by atoms with Crippen LogP contribution in [0.25, 0.3) is 0 Å². The van der Waals surface area contributed by atoms with E-state index < -0.39 is 23.1 Å². The van der Waals surface area contributed by atoms with Crippen molar-refractivity contribution >= 4 is 11.8 Å². The van der Waals surface area contributed by atoms with Gasteiger partial charge in [0, 0.05) is 18.0 Å². The van der Waals surface area contributed by atoms with E-state index in [2.05, 4.69) is 11.9 Å². The van der Waals surface area contributed by atoms with Gasteiger partial charge in [0.25, 0.3) is 0 Å². The molecule has 2 amide bonds. The van der Waals surface area contributed by atoms with Crippen molar-refractivity contribution in [2.24, 2.45) is 11.3 Å². The summed E-state index contributed by atoms with van der Waals surface area (Å²) in [4.78, 5) is 26.9. The molecule has 0 radical (unpaired) electrons. The lowest BCUT2D eigenvalue weighted by Gasteiger charge is -2.38. The zero-order valence-corrected chi connectivity index (χ0v) is 17.1. The normalized spacial score (nSPS) is 16.2. The van der Waals surface area contributed by atoms with Crippen LogP contribution in [-0.2, 0) is 9.59 Å². The Morgan fingerprint density at radius 1 is 1.20 bits per heavy atom. The van der Waals surface area contributed by atoms with Gasteiger partial charge in [-0.25, -0.2) is 0 Å². The van der Waals surface area contributed by atoms with Gasteiger partial charge in [0.2, 0.25) is 11.8 Å². The van der Waals surface area contributed by atoms with E-state index in [1.165, 1.54) is 4.90 Å². The number of rotatable bonds is 7. The molecule has 0 aliphatic carbocycles. The summed E-state index contributed by atoms with van der Waals surface area (Å²) in [5.74, 6) is -0.726. The van der Waals surface area contributed by atoms with Gasteiger partial charge in [-0.1, -0.05) is 52.5 Å². The smallest absolute Gasteiger partial charge is 0.245 e. The standard InChI is InChI=1S/C20H36N2O3/c1-10-11-12-13-14(2)16(23)15(17(24)21-20(6,7)8)22(9)18(25)19(3,4)5/h10-12,14-16,23H,1,13H2,2-9H3,(H,21,24)/b12-11+/t14-,15+,16-/m1/s1. The van der Waals surface area contributed by atoms with Crippen molar-refractivity contribution in [1.29, 1.82) is 0 Å². The third kappa shape index (κ3) is 7.86. The highest BCUT2D eigenvalue weighted by Gasteiger charge is 2.40. The topological polar surface area (TPSA) is 69.6 Å². The number of nitrogens with zero attached hydrogens (tertiary/aromatic N) is 1. The SMILES string of the molecule is C=C/C=C/C[C@@H](C)[C@@H](O)[C@@H](C(=O)NC(C)(C)C)N(C)C(=O)C(C)(C)C. The number of hydrogen-bond donors (Lipinski definition) is 2. The Morgan fingerprint density at radius 3 is 2.12 bits per heavy atom. The second-order valence-corrected chi connectivity index (χ2v) is 8.72. The average Bonchev–Trinajstić information content (AvgIpc) is 2.43. The Hall–Kier alpha value is -1.62. The zero-order chi connectivity index (χ0) is 20.0. The van der Waals surface area contributed by atoms with Gasteiger partial charge in [0.15, 0.2) is 0 Å². The van der Waals surface area contributed by atoms with Crippen molar-refractivity contribution in [3.05, 3.63) is 24.8 Å². The van der Waals surface area contributed by atoms with Gasteiger partial charge in [0.1, 0.15) is 6.04 Å². The molecule has 0 saturated carbocycles. The minimum Gasteiger partial charge on any atom is -0.390 e. The quantitative estimate of drug-likeness (QED) is 0.692. The van der Waals surface area contributed by atoms with E-state index >= 15 is 0 Å². The van der Waals surface area contributed by atoms with Crippen LogP contribution in [0, 0.1) is 11.3 Å². The molecular weight excluding hydrogens is 316 g/mol. The van der Waals surface area contributed by atoms with E-state index in [4.69, 9.17) is 0 Å². The first kappa shape index (κ1) is 23.4. The Bertz CT molecular complexity index is 498. The first-order valence-corrected chi connectivity index (χ1v) is 8.77. The van der Waals surface area contributed by atoms with E-state index in [1.54, 1.807) is 40.0 Å². The summed E-state index contributed by atoms with van der Waals surface area (Å²) >= 11 is 0. The maximum absolute atomic E-state index is 12.8. The minimum absolute atomic E-state index is 0.186. The molecule has 25 heavy (non-hydrogen) atoms. The van der Waals surface area contributed by atoms with Crippen LogP contribution in [-0.4, -0.2) is 46.6 Å². The summed E-state index contributed by atoms with van der Waals surface area (Å²) in [5, 5.41) is 13.7. The Morgan fingerprint density at radius 2 is 1.72 bits per heavy atom. The molecule has 0 aromatic rings. The molecule has 0 aromatic heterocycles. The monoisotopic (exact) mass is 352 g/mol. The summed E-state index contributed by atoms with van der Waals surface area (Å²) in [6.07, 6.45) is 4.97. The molecule has 0 bridgehead atoms. The molecule has 0 aliphatic rings. The van der Waals surface area contributed by atoms with E-state index in [-0.39, 0.29) is 17.7 Å². The van der Waals surface area contributed by atoms with E-state index in [0.29, 0.717) is 6.42 Å². The fourth-order valence-corrected chi connectivity index (χ4v) is 2.50. The maximum atomic E-state index is 12.8. The number of hydrogen-bond acceptors (Lipinski definition) is 3. The molecule has 0 aliphatic heterocycles. The van der Waals surface area contributed by atoms with Crippen LogP contribution in [0.4, 0.5) is 0 Å². The highest BCUT2D eigenvalue weighted by molar-refractivity contribution is 5.90. The van der Waals surface area contributed by atoms with Crippen LogP contribution in [0.1, 0.15) is 54.9 Å². The molecule has 0 fully saturated rings. The van der Waals surface area contributed by atoms with Crippen LogP contribution in [0.15, 0.2) is 24.8 Å². The highest BCUT2D eigenvalue weighted by atomic mass is 16.3. The van der Waals surface area contributed by atoms with Gasteiger partial charge in [-0.3, -0.25) is 9.59 Å². The lowest BCUT2D eigenvalue weighted by atomic mass is 9.89. The Labute approximate surface area is 153 Å². The van der Waals surface area contributed by atoms with Crippen LogP contribution < -0.4 is 5.32 Å². The molecule has 0 rings (SSSR count). The fraction of sp³-hybridized carbons (Fsp3) is 0.700. The zero-order valence-electron chi connectivity index (χ0n) is 17.1. The largest absolute Gasteiger partial charge is 0.390 e. The van der Waals surface area contributed by atoms with Crippen LogP contribution in [0.5, 0.6) is 0 Å². The van der Waals surface area contributed by atoms with Crippen molar-refractivity contribution in [1.82, 2.24) is 10.2 Å². The van der Waals surface area contributed by atoms with E-state index in [1.807, 2.05) is 33.8 Å². The molecular formula is C20H36N2O3. The first-order valence-electron chi connectivity index (χ1n) is 8.77. The molecule has 0 saturated heterocycles. The van der Waals surface area contributed by atoms with Gasteiger partial charge < -0.3 is 15.3 Å². The number of likely N-dealkylation sites (N-methyl/N-ethyl adjacent to an activating group) is 1. The van der Waals surface area contributed by atoms with E-state index in [9.17, 15) is 14.7 Å². The van der Waals surface area contributed by atoms with Crippen molar-refractivity contribution in [3.8, 4) is 0 Å². The number of carbonyl (C=O) groups is 2. The minimum atomic E-state index is -0.979. The number of aliphatic hydroxyl groups is 1. The van der Waals surface area contributed by atoms with Gasteiger partial charge in [-0.2, -0.15) is 0 Å². The van der Waals surface area contributed by atoms with Crippen molar-refractivity contribution in [2.45, 2.75) is 72.6 Å². The predicted molar refractivity (Wildman–Crippen MR) is 103 cm³/mol. The average molecular weight is 353 g/mol. The summed E-state index contributed by atoms with van der Waals surface area (Å²) in [6, 6.07) is -0.946. The van der Waals surface area contributed by atoms with Crippen molar-refractivity contribution < 1.29 is 14.7 Å². The second-order valence-electron chi connectivity index (χ2n) is 8.72. The molecule has 5 nitrogen and oxygen atoms in total. The number of allylic oxidation sites excluding steroid dienone is 3. The van der Waals surface area contributed by atoms with Crippen LogP contribution >= 0.6 is 0 Å². The molecule has 0 unspecified atom stereocenters. The van der Waals surface area contributed by atoms with Crippen LogP contribution in [0.3, 0.4) is 0 Å². The van der Waals surface area contributed by atoms with Gasteiger partial charge in [-0.15, -0.1) is 0 Å².